The first-order valence-electron chi connectivity index (χ1n) is 6.12. The molecule has 0 fully saturated rings. The highest BCUT2D eigenvalue weighted by atomic mass is 28.2. The zero-order valence-corrected chi connectivity index (χ0v) is 11.8. The first-order valence-corrected chi connectivity index (χ1v) is 7.69. The minimum Gasteiger partial charge on any atom is -0.379 e. The first kappa shape index (κ1) is 16.2. The number of hydrogen-bond donors (Lipinski definition) is 2. The molecule has 0 aliphatic heterocycles. The van der Waals surface area contributed by atoms with Crippen LogP contribution in [0, 0.1) is 17.5 Å². The Morgan fingerprint density at radius 3 is 2.26 bits per heavy atom. The monoisotopic (exact) mass is 294 g/mol. The normalized spacial score (nSPS) is 11.9. The summed E-state index contributed by atoms with van der Waals surface area (Å²) in [7, 11) is -0.946. The Kier molecular flexibility index (Phi) is 7.07. The van der Waals surface area contributed by atoms with Crippen LogP contribution in [0.25, 0.3) is 0 Å². The van der Waals surface area contributed by atoms with Crippen molar-refractivity contribution in [3.63, 3.8) is 0 Å². The van der Waals surface area contributed by atoms with Crippen molar-refractivity contribution in [1.82, 2.24) is 0 Å². The molecule has 0 atom stereocenters. The van der Waals surface area contributed by atoms with Gasteiger partial charge in [-0.3, -0.25) is 0 Å². The zero-order valence-electron chi connectivity index (χ0n) is 10.4. The SMILES string of the molecule is OC(O)O[SiH2]CCCCCc1c(F)cc(F)cc1F. The molecule has 1 aromatic rings. The van der Waals surface area contributed by atoms with Crippen molar-refractivity contribution < 1.29 is 27.8 Å². The van der Waals surface area contributed by atoms with E-state index in [0.29, 0.717) is 18.6 Å². The first-order chi connectivity index (χ1) is 9.00. The molecule has 0 unspecified atom stereocenters. The molecule has 0 amide bonds. The van der Waals surface area contributed by atoms with Gasteiger partial charge in [-0.2, -0.15) is 0 Å². The molecule has 0 aromatic heterocycles. The lowest BCUT2D eigenvalue weighted by molar-refractivity contribution is -0.180. The summed E-state index contributed by atoms with van der Waals surface area (Å²) in [5.74, 6) is -2.61. The van der Waals surface area contributed by atoms with Gasteiger partial charge in [0.15, 0.2) is 9.76 Å². The molecular weight excluding hydrogens is 277 g/mol. The molecule has 3 nitrogen and oxygen atoms in total. The smallest absolute Gasteiger partial charge is 0.256 e. The largest absolute Gasteiger partial charge is 0.379 e. The van der Waals surface area contributed by atoms with Crippen LogP contribution in [0.4, 0.5) is 13.2 Å². The average Bonchev–Trinajstić information content (AvgIpc) is 2.30. The van der Waals surface area contributed by atoms with E-state index in [2.05, 4.69) is 4.43 Å². The minimum absolute atomic E-state index is 0.0827. The molecule has 0 saturated heterocycles. The van der Waals surface area contributed by atoms with Crippen molar-refractivity contribution in [2.24, 2.45) is 0 Å². The summed E-state index contributed by atoms with van der Waals surface area (Å²) in [6, 6.07) is 2.13. The molecule has 0 radical (unpaired) electrons. The number of benzene rings is 1. The summed E-state index contributed by atoms with van der Waals surface area (Å²) >= 11 is 0. The Morgan fingerprint density at radius 2 is 1.68 bits per heavy atom. The van der Waals surface area contributed by atoms with Crippen LogP contribution in [0.15, 0.2) is 12.1 Å². The van der Waals surface area contributed by atoms with E-state index in [-0.39, 0.29) is 12.0 Å². The second-order valence-corrected chi connectivity index (χ2v) is 5.66. The van der Waals surface area contributed by atoms with Gasteiger partial charge in [0.2, 0.25) is 0 Å². The average molecular weight is 294 g/mol. The van der Waals surface area contributed by atoms with Crippen molar-refractivity contribution in [3.05, 3.63) is 35.1 Å². The van der Waals surface area contributed by atoms with Crippen LogP contribution in [0.2, 0.25) is 6.04 Å². The molecule has 1 aromatic carbocycles. The zero-order chi connectivity index (χ0) is 14.3. The van der Waals surface area contributed by atoms with Gasteiger partial charge in [-0.1, -0.05) is 12.8 Å². The van der Waals surface area contributed by atoms with E-state index in [1.807, 2.05) is 0 Å². The summed E-state index contributed by atoms with van der Waals surface area (Å²) in [6.07, 6.45) is 2.38. The van der Waals surface area contributed by atoms with Crippen LogP contribution in [-0.4, -0.2) is 26.5 Å². The van der Waals surface area contributed by atoms with Gasteiger partial charge < -0.3 is 14.6 Å². The lowest BCUT2D eigenvalue weighted by atomic mass is 10.1. The van der Waals surface area contributed by atoms with Crippen molar-refractivity contribution in [1.29, 1.82) is 0 Å². The fourth-order valence-corrected chi connectivity index (χ4v) is 2.69. The molecule has 0 bridgehead atoms. The quantitative estimate of drug-likeness (QED) is 0.435. The lowest BCUT2D eigenvalue weighted by Crippen LogP contribution is -2.13. The van der Waals surface area contributed by atoms with Gasteiger partial charge >= 0.3 is 0 Å². The van der Waals surface area contributed by atoms with Crippen LogP contribution in [0.3, 0.4) is 0 Å². The number of halogens is 3. The summed E-state index contributed by atoms with van der Waals surface area (Å²) in [4.78, 5) is 0. The second-order valence-electron chi connectivity index (χ2n) is 4.21. The molecule has 19 heavy (non-hydrogen) atoms. The van der Waals surface area contributed by atoms with Crippen LogP contribution >= 0.6 is 0 Å². The molecular formula is C12H17F3O3Si. The third-order valence-corrected chi connectivity index (χ3v) is 4.02. The highest BCUT2D eigenvalue weighted by Crippen LogP contribution is 2.17. The molecule has 108 valence electrons. The lowest BCUT2D eigenvalue weighted by Gasteiger charge is -2.06. The molecule has 0 heterocycles. The molecule has 7 heteroatoms. The van der Waals surface area contributed by atoms with E-state index in [4.69, 9.17) is 10.2 Å². The predicted octanol–water partition coefficient (Wildman–Crippen LogP) is 1.60. The van der Waals surface area contributed by atoms with Gasteiger partial charge in [-0.25, -0.2) is 13.2 Å². The highest BCUT2D eigenvalue weighted by molar-refractivity contribution is 6.26. The highest BCUT2D eigenvalue weighted by Gasteiger charge is 2.10. The maximum Gasteiger partial charge on any atom is 0.256 e. The maximum atomic E-state index is 13.3. The minimum atomic E-state index is -1.70. The van der Waals surface area contributed by atoms with E-state index in [1.54, 1.807) is 0 Å². The standard InChI is InChI=1S/C12H17F3O3Si/c13-8-6-10(14)9(11(15)7-8)4-2-1-3-5-19-18-12(16)17/h6-7,12,16-17H,1-5,19H2. The molecule has 0 spiro atoms. The van der Waals surface area contributed by atoms with Crippen LogP contribution in [-0.2, 0) is 10.8 Å². The van der Waals surface area contributed by atoms with E-state index in [9.17, 15) is 13.2 Å². The Bertz CT molecular complexity index is 379. The van der Waals surface area contributed by atoms with Gasteiger partial charge in [-0.05, 0) is 18.9 Å². The summed E-state index contributed by atoms with van der Waals surface area (Å²) < 4.78 is 43.9. The van der Waals surface area contributed by atoms with Gasteiger partial charge in [0.25, 0.3) is 6.48 Å². The van der Waals surface area contributed by atoms with Crippen molar-refractivity contribution in [2.45, 2.75) is 38.2 Å². The topological polar surface area (TPSA) is 49.7 Å². The Balaban J connectivity index is 2.23. The number of aliphatic hydroxyl groups is 2. The third kappa shape index (κ3) is 6.19. The second kappa shape index (κ2) is 8.31. The van der Waals surface area contributed by atoms with Gasteiger partial charge in [0, 0.05) is 17.7 Å². The van der Waals surface area contributed by atoms with Gasteiger partial charge in [-0.15, -0.1) is 0 Å². The van der Waals surface area contributed by atoms with Crippen LogP contribution in [0.5, 0.6) is 0 Å². The van der Waals surface area contributed by atoms with Crippen molar-refractivity contribution >= 4 is 9.76 Å². The summed E-state index contributed by atoms with van der Waals surface area (Å²) in [5.41, 5.74) is -0.0827. The molecule has 1 rings (SSSR count). The molecule has 2 N–H and O–H groups in total. The number of hydrogen-bond acceptors (Lipinski definition) is 3. The van der Waals surface area contributed by atoms with E-state index >= 15 is 0 Å². The fourth-order valence-electron chi connectivity index (χ4n) is 1.76. The number of aliphatic hydroxyl groups excluding tert-OH is 1. The van der Waals surface area contributed by atoms with Crippen molar-refractivity contribution in [3.8, 4) is 0 Å². The van der Waals surface area contributed by atoms with Crippen LogP contribution < -0.4 is 0 Å². The van der Waals surface area contributed by atoms with E-state index in [0.717, 1.165) is 18.9 Å². The van der Waals surface area contributed by atoms with Crippen LogP contribution in [0.1, 0.15) is 24.8 Å². The Hall–Kier alpha value is -0.893. The van der Waals surface area contributed by atoms with Gasteiger partial charge in [0.1, 0.15) is 17.5 Å². The maximum absolute atomic E-state index is 13.3. The fraction of sp³-hybridized carbons (Fsp3) is 0.500. The summed E-state index contributed by atoms with van der Waals surface area (Å²) in [6.45, 7) is -1.70. The molecule has 0 saturated carbocycles. The van der Waals surface area contributed by atoms with E-state index < -0.39 is 33.7 Å². The Labute approximate surface area is 112 Å². The van der Waals surface area contributed by atoms with Crippen molar-refractivity contribution in [2.75, 3.05) is 0 Å². The summed E-state index contributed by atoms with van der Waals surface area (Å²) in [5, 5.41) is 16.9. The van der Waals surface area contributed by atoms with E-state index in [1.165, 1.54) is 0 Å². The Morgan fingerprint density at radius 1 is 1.05 bits per heavy atom. The number of unbranched alkanes of at least 4 members (excludes halogenated alkanes) is 2. The van der Waals surface area contributed by atoms with Gasteiger partial charge in [0.05, 0.1) is 0 Å². The predicted molar refractivity (Wildman–Crippen MR) is 66.5 cm³/mol. The third-order valence-electron chi connectivity index (χ3n) is 2.69. The number of rotatable bonds is 8. The molecule has 0 aliphatic rings. The molecule has 0 aliphatic carbocycles.